The predicted octanol–water partition coefficient (Wildman–Crippen LogP) is 4.76. The Labute approximate surface area is 144 Å². The molecule has 2 aromatic carbocycles. The summed E-state index contributed by atoms with van der Waals surface area (Å²) in [5, 5.41) is 0.979. The van der Waals surface area contributed by atoms with E-state index in [4.69, 9.17) is 11.6 Å². The van der Waals surface area contributed by atoms with E-state index in [9.17, 15) is 17.2 Å². The zero-order chi connectivity index (χ0) is 16.8. The fourth-order valence-corrected chi connectivity index (χ4v) is 4.68. The van der Waals surface area contributed by atoms with Crippen LogP contribution in [-0.4, -0.2) is 13.4 Å². The second-order valence-corrected chi connectivity index (χ2v) is 7.85. The van der Waals surface area contributed by atoms with Crippen molar-refractivity contribution in [2.75, 3.05) is 0 Å². The maximum atomic E-state index is 13.3. The monoisotopic (exact) mass is 417 g/mol. The van der Waals surface area contributed by atoms with Gasteiger partial charge in [-0.1, -0.05) is 17.7 Å². The number of rotatable bonds is 2. The zero-order valence-electron chi connectivity index (χ0n) is 11.2. The van der Waals surface area contributed by atoms with Gasteiger partial charge in [-0.2, -0.15) is 0 Å². The number of hydrogen-bond acceptors (Lipinski definition) is 3. The van der Waals surface area contributed by atoms with Crippen LogP contribution in [0.25, 0.3) is 10.9 Å². The van der Waals surface area contributed by atoms with E-state index < -0.39 is 26.4 Å². The van der Waals surface area contributed by atoms with Crippen LogP contribution in [0.5, 0.6) is 0 Å². The molecule has 118 valence electrons. The second-order valence-electron chi connectivity index (χ2n) is 4.71. The third-order valence-corrected chi connectivity index (χ3v) is 6.27. The van der Waals surface area contributed by atoms with Gasteiger partial charge in [0, 0.05) is 27.1 Å². The zero-order valence-corrected chi connectivity index (χ0v) is 14.4. The lowest BCUT2D eigenvalue weighted by atomic mass is 10.2. The van der Waals surface area contributed by atoms with E-state index in [1.54, 1.807) is 18.2 Å². The first-order valence-electron chi connectivity index (χ1n) is 6.24. The summed E-state index contributed by atoms with van der Waals surface area (Å²) in [5.41, 5.74) is 0.494. The Balaban J connectivity index is 2.26. The van der Waals surface area contributed by atoms with Crippen molar-refractivity contribution in [2.45, 2.75) is 9.79 Å². The maximum Gasteiger partial charge on any atom is 0.209 e. The van der Waals surface area contributed by atoms with Crippen LogP contribution in [0.1, 0.15) is 0 Å². The number of fused-ring (bicyclic) bond motifs is 1. The molecule has 0 N–H and O–H groups in total. The molecule has 0 saturated carbocycles. The van der Waals surface area contributed by atoms with Gasteiger partial charge in [-0.05, 0) is 40.2 Å². The number of aromatic nitrogens is 1. The van der Waals surface area contributed by atoms with Crippen LogP contribution < -0.4 is 0 Å². The lowest BCUT2D eigenvalue weighted by Gasteiger charge is -2.09. The summed E-state index contributed by atoms with van der Waals surface area (Å²) in [6, 6.07) is 6.91. The first-order chi connectivity index (χ1) is 10.8. The first-order valence-corrected chi connectivity index (χ1v) is 8.89. The Kier molecular flexibility index (Phi) is 4.12. The van der Waals surface area contributed by atoms with Crippen LogP contribution in [0.4, 0.5) is 8.78 Å². The summed E-state index contributed by atoms with van der Waals surface area (Å²) in [7, 11) is -4.14. The molecule has 3 rings (SSSR count). The lowest BCUT2D eigenvalue weighted by Crippen LogP contribution is -2.05. The molecule has 0 saturated heterocycles. The van der Waals surface area contributed by atoms with E-state index in [1.165, 1.54) is 0 Å². The highest BCUT2D eigenvalue weighted by molar-refractivity contribution is 9.10. The number of sulfone groups is 1. The molecule has 0 atom stereocenters. The first kappa shape index (κ1) is 16.3. The van der Waals surface area contributed by atoms with E-state index in [2.05, 4.69) is 20.9 Å². The van der Waals surface area contributed by atoms with Gasteiger partial charge in [0.05, 0.1) is 10.4 Å². The molecule has 1 heterocycles. The maximum absolute atomic E-state index is 13.3. The largest absolute Gasteiger partial charge is 0.255 e. The molecule has 3 aromatic rings. The normalized spacial score (nSPS) is 11.8. The summed E-state index contributed by atoms with van der Waals surface area (Å²) in [6.45, 7) is 0. The summed E-state index contributed by atoms with van der Waals surface area (Å²) < 4.78 is 52.2. The summed E-state index contributed by atoms with van der Waals surface area (Å²) >= 11 is 9.10. The molecule has 0 aliphatic carbocycles. The molecule has 0 spiro atoms. The molecule has 0 aliphatic heterocycles. The quantitative estimate of drug-likeness (QED) is 0.603. The number of hydrogen-bond donors (Lipinski definition) is 0. The van der Waals surface area contributed by atoms with Gasteiger partial charge in [-0.15, -0.1) is 0 Å². The topological polar surface area (TPSA) is 47.0 Å². The molecule has 3 nitrogen and oxygen atoms in total. The van der Waals surface area contributed by atoms with E-state index in [1.807, 2.05) is 0 Å². The third-order valence-electron chi connectivity index (χ3n) is 3.17. The van der Waals surface area contributed by atoms with Gasteiger partial charge in [0.2, 0.25) is 9.84 Å². The Bertz CT molecular complexity index is 1020. The number of benzene rings is 2. The Hall–Kier alpha value is -1.57. The molecule has 0 aliphatic rings. The van der Waals surface area contributed by atoms with Crippen LogP contribution in [0, 0.1) is 11.6 Å². The predicted molar refractivity (Wildman–Crippen MR) is 86.3 cm³/mol. The van der Waals surface area contributed by atoms with E-state index in [0.29, 0.717) is 22.0 Å². The summed E-state index contributed by atoms with van der Waals surface area (Å²) in [4.78, 5) is 3.39. The van der Waals surface area contributed by atoms with E-state index in [0.717, 1.165) is 18.3 Å². The van der Waals surface area contributed by atoms with Gasteiger partial charge in [0.15, 0.2) is 0 Å². The van der Waals surface area contributed by atoms with Crippen molar-refractivity contribution < 1.29 is 17.2 Å². The van der Waals surface area contributed by atoms with Crippen molar-refractivity contribution in [3.05, 3.63) is 63.7 Å². The van der Waals surface area contributed by atoms with E-state index in [-0.39, 0.29) is 9.37 Å². The number of halogens is 4. The van der Waals surface area contributed by atoms with Crippen molar-refractivity contribution in [2.24, 2.45) is 0 Å². The van der Waals surface area contributed by atoms with Crippen molar-refractivity contribution in [3.8, 4) is 0 Å². The minimum atomic E-state index is -4.14. The average molecular weight is 419 g/mol. The minimum absolute atomic E-state index is 0.183. The Morgan fingerprint density at radius 3 is 2.35 bits per heavy atom. The van der Waals surface area contributed by atoms with E-state index >= 15 is 0 Å². The van der Waals surface area contributed by atoms with Gasteiger partial charge in [0.1, 0.15) is 16.5 Å². The van der Waals surface area contributed by atoms with Gasteiger partial charge in [-0.3, -0.25) is 4.98 Å². The van der Waals surface area contributed by atoms with Crippen molar-refractivity contribution in [1.82, 2.24) is 4.98 Å². The Morgan fingerprint density at radius 2 is 1.70 bits per heavy atom. The van der Waals surface area contributed by atoms with Crippen molar-refractivity contribution in [1.29, 1.82) is 0 Å². The van der Waals surface area contributed by atoms with Crippen LogP contribution >= 0.6 is 27.5 Å². The average Bonchev–Trinajstić information content (AvgIpc) is 2.46. The van der Waals surface area contributed by atoms with Crippen LogP contribution in [0.3, 0.4) is 0 Å². The SMILES string of the molecule is O=S(=O)(c1cc(F)cc(F)c1)c1cnc2cc(Cl)ccc2c1Br. The Morgan fingerprint density at radius 1 is 1.04 bits per heavy atom. The van der Waals surface area contributed by atoms with Crippen LogP contribution in [-0.2, 0) is 9.84 Å². The van der Waals surface area contributed by atoms with Crippen LogP contribution in [0.15, 0.2) is 56.9 Å². The highest BCUT2D eigenvalue weighted by Gasteiger charge is 2.24. The highest BCUT2D eigenvalue weighted by atomic mass is 79.9. The van der Waals surface area contributed by atoms with Gasteiger partial charge in [-0.25, -0.2) is 17.2 Å². The fourth-order valence-electron chi connectivity index (χ4n) is 2.11. The standard InChI is InChI=1S/C15H7BrClF2NO2S/c16-15-12-2-1-8(17)3-13(12)20-7-14(15)23(21,22)11-5-9(18)4-10(19)6-11/h1-7H. The molecular weight excluding hydrogens is 412 g/mol. The molecule has 0 amide bonds. The summed E-state index contributed by atoms with van der Waals surface area (Å²) in [5.74, 6) is -1.94. The molecule has 23 heavy (non-hydrogen) atoms. The molecule has 1 aromatic heterocycles. The third kappa shape index (κ3) is 2.96. The van der Waals surface area contributed by atoms with Crippen LogP contribution in [0.2, 0.25) is 5.02 Å². The lowest BCUT2D eigenvalue weighted by molar-refractivity contribution is 0.567. The number of nitrogens with zero attached hydrogens (tertiary/aromatic N) is 1. The fraction of sp³-hybridized carbons (Fsp3) is 0. The molecule has 0 bridgehead atoms. The van der Waals surface area contributed by atoms with Crippen molar-refractivity contribution >= 4 is 48.3 Å². The molecule has 0 unspecified atom stereocenters. The van der Waals surface area contributed by atoms with Crippen molar-refractivity contribution in [3.63, 3.8) is 0 Å². The molecule has 8 heteroatoms. The second kappa shape index (κ2) is 5.81. The number of pyridine rings is 1. The smallest absolute Gasteiger partial charge is 0.209 e. The minimum Gasteiger partial charge on any atom is -0.255 e. The summed E-state index contributed by atoms with van der Waals surface area (Å²) in [6.07, 6.45) is 1.13. The van der Waals surface area contributed by atoms with Gasteiger partial charge in [0.25, 0.3) is 0 Å². The molecule has 0 fully saturated rings. The van der Waals surface area contributed by atoms with Gasteiger partial charge >= 0.3 is 0 Å². The highest BCUT2D eigenvalue weighted by Crippen LogP contribution is 2.34. The molecular formula is C15H7BrClF2NO2S. The molecule has 0 radical (unpaired) electrons. The van der Waals surface area contributed by atoms with Gasteiger partial charge < -0.3 is 0 Å².